The number of benzene rings is 2. The number of hydrogen-bond donors (Lipinski definition) is 0. The summed E-state index contributed by atoms with van der Waals surface area (Å²) >= 11 is 0. The molecule has 0 heteroatoms. The summed E-state index contributed by atoms with van der Waals surface area (Å²) in [5, 5.41) is 0. The Morgan fingerprint density at radius 3 is 1.67 bits per heavy atom. The van der Waals surface area contributed by atoms with E-state index < -0.39 is 0 Å². The summed E-state index contributed by atoms with van der Waals surface area (Å²) < 4.78 is 0. The Labute approximate surface area is 203 Å². The quantitative estimate of drug-likeness (QED) is 0.256. The van der Waals surface area contributed by atoms with Gasteiger partial charge in [0.2, 0.25) is 0 Å². The zero-order chi connectivity index (χ0) is 23.1. The Balaban J connectivity index is 1.34. The third-order valence-corrected chi connectivity index (χ3v) is 7.23. The molecule has 0 spiro atoms. The van der Waals surface area contributed by atoms with Crippen LogP contribution in [0.5, 0.6) is 0 Å². The molecule has 2 aromatic carbocycles. The van der Waals surface area contributed by atoms with Crippen molar-refractivity contribution in [2.45, 2.75) is 97.3 Å². The van der Waals surface area contributed by atoms with Crippen molar-refractivity contribution in [1.82, 2.24) is 0 Å². The van der Waals surface area contributed by atoms with Crippen molar-refractivity contribution in [3.8, 4) is 23.7 Å². The maximum atomic E-state index is 3.29. The highest BCUT2D eigenvalue weighted by molar-refractivity contribution is 5.46. The first-order valence-corrected chi connectivity index (χ1v) is 13.4. The van der Waals surface area contributed by atoms with Gasteiger partial charge in [0.15, 0.2) is 0 Å². The fourth-order valence-corrected chi connectivity index (χ4v) is 5.07. The van der Waals surface area contributed by atoms with Crippen LogP contribution in [0, 0.1) is 35.5 Å². The highest BCUT2D eigenvalue weighted by atomic mass is 14.3. The molecule has 0 unspecified atom stereocenters. The third-order valence-electron chi connectivity index (χ3n) is 7.23. The van der Waals surface area contributed by atoms with E-state index in [4.69, 9.17) is 0 Å². The van der Waals surface area contributed by atoms with E-state index in [1.165, 1.54) is 89.0 Å². The lowest BCUT2D eigenvalue weighted by Crippen LogP contribution is -2.15. The van der Waals surface area contributed by atoms with Gasteiger partial charge < -0.3 is 0 Å². The molecule has 1 aliphatic rings. The molecule has 33 heavy (non-hydrogen) atoms. The zero-order valence-corrected chi connectivity index (χ0v) is 21.0. The van der Waals surface area contributed by atoms with Crippen LogP contribution < -0.4 is 0 Å². The van der Waals surface area contributed by atoms with Gasteiger partial charge in [0.05, 0.1) is 0 Å². The van der Waals surface area contributed by atoms with Crippen LogP contribution in [0.3, 0.4) is 0 Å². The highest BCUT2D eigenvalue weighted by Crippen LogP contribution is 2.34. The van der Waals surface area contributed by atoms with Crippen molar-refractivity contribution < 1.29 is 0 Å². The lowest BCUT2D eigenvalue weighted by Gasteiger charge is -2.28. The van der Waals surface area contributed by atoms with Crippen molar-refractivity contribution in [2.24, 2.45) is 11.8 Å². The second kappa shape index (κ2) is 14.7. The summed E-state index contributed by atoms with van der Waals surface area (Å²) in [6.45, 7) is 4.16. The van der Waals surface area contributed by atoms with E-state index in [-0.39, 0.29) is 0 Å². The Kier molecular flexibility index (Phi) is 11.2. The van der Waals surface area contributed by atoms with Crippen molar-refractivity contribution in [3.05, 3.63) is 70.8 Å². The van der Waals surface area contributed by atoms with Gasteiger partial charge in [0.25, 0.3) is 0 Å². The first-order valence-electron chi connectivity index (χ1n) is 13.4. The third kappa shape index (κ3) is 9.52. The molecule has 0 aromatic heterocycles. The lowest BCUT2D eigenvalue weighted by molar-refractivity contribution is 0.248. The van der Waals surface area contributed by atoms with Gasteiger partial charge in [-0.1, -0.05) is 107 Å². The molecule has 1 saturated carbocycles. The topological polar surface area (TPSA) is 0 Å². The summed E-state index contributed by atoms with van der Waals surface area (Å²) in [4.78, 5) is 0. The van der Waals surface area contributed by atoms with E-state index in [1.807, 2.05) is 31.2 Å². The van der Waals surface area contributed by atoms with Gasteiger partial charge in [-0.3, -0.25) is 0 Å². The summed E-state index contributed by atoms with van der Waals surface area (Å²) in [6.07, 6.45) is 18.5. The fourth-order valence-electron chi connectivity index (χ4n) is 5.07. The van der Waals surface area contributed by atoms with E-state index in [1.54, 1.807) is 0 Å². The van der Waals surface area contributed by atoms with Crippen molar-refractivity contribution in [2.75, 3.05) is 0 Å². The Bertz CT molecular complexity index is 916. The van der Waals surface area contributed by atoms with Crippen LogP contribution in [0.25, 0.3) is 0 Å². The van der Waals surface area contributed by atoms with Gasteiger partial charge in [-0.15, -0.1) is 5.92 Å². The Hall–Kier alpha value is -2.44. The van der Waals surface area contributed by atoms with Gasteiger partial charge in [-0.2, -0.15) is 0 Å². The van der Waals surface area contributed by atoms with Gasteiger partial charge in [-0.25, -0.2) is 0 Å². The smallest absolute Gasteiger partial charge is 0.0249 e. The number of unbranched alkanes of at least 4 members (excludes halogenated alkanes) is 5. The van der Waals surface area contributed by atoms with Crippen molar-refractivity contribution in [3.63, 3.8) is 0 Å². The molecule has 2 aromatic rings. The molecule has 0 amide bonds. The van der Waals surface area contributed by atoms with Crippen LogP contribution in [0.15, 0.2) is 48.5 Å². The first-order chi connectivity index (χ1) is 16.3. The van der Waals surface area contributed by atoms with Gasteiger partial charge in [0, 0.05) is 16.7 Å². The van der Waals surface area contributed by atoms with Crippen LogP contribution in [0.4, 0.5) is 0 Å². The van der Waals surface area contributed by atoms with Gasteiger partial charge in [-0.05, 0) is 73.6 Å². The van der Waals surface area contributed by atoms with Crippen LogP contribution in [-0.2, 0) is 6.42 Å². The minimum atomic E-state index is 0.936. The van der Waals surface area contributed by atoms with Crippen LogP contribution >= 0.6 is 0 Å². The molecule has 0 atom stereocenters. The van der Waals surface area contributed by atoms with Crippen molar-refractivity contribution >= 4 is 0 Å². The summed E-state index contributed by atoms with van der Waals surface area (Å²) in [5.74, 6) is 14.5. The second-order valence-corrected chi connectivity index (χ2v) is 9.88. The maximum Gasteiger partial charge on any atom is 0.0249 e. The molecule has 0 radical (unpaired) electrons. The van der Waals surface area contributed by atoms with Gasteiger partial charge >= 0.3 is 0 Å². The SMILES string of the molecule is CC#Cc1ccc(C#Cc2ccc(CCC3CCC(CCCCCCCC)CC3)cc2)cc1. The van der Waals surface area contributed by atoms with Crippen LogP contribution in [-0.4, -0.2) is 0 Å². The average Bonchev–Trinajstić information content (AvgIpc) is 2.86. The largest absolute Gasteiger partial charge is 0.101 e. The molecular weight excluding hydrogens is 396 g/mol. The highest BCUT2D eigenvalue weighted by Gasteiger charge is 2.20. The molecule has 0 aliphatic heterocycles. The maximum absolute atomic E-state index is 3.29. The number of rotatable bonds is 10. The van der Waals surface area contributed by atoms with Gasteiger partial charge in [0.1, 0.15) is 0 Å². The molecule has 0 heterocycles. The molecule has 1 fully saturated rings. The minimum absolute atomic E-state index is 0.936. The average molecular weight is 439 g/mol. The minimum Gasteiger partial charge on any atom is -0.101 e. The zero-order valence-electron chi connectivity index (χ0n) is 21.0. The van der Waals surface area contributed by atoms with E-state index in [0.717, 1.165) is 28.5 Å². The molecule has 0 bridgehead atoms. The first kappa shape index (κ1) is 25.2. The molecule has 3 rings (SSSR count). The van der Waals surface area contributed by atoms with Crippen LogP contribution in [0.2, 0.25) is 0 Å². The standard InChI is InChI=1S/C33H42/c1-3-5-6-7-8-9-11-29-14-18-31(19-15-29)21-23-33-26-24-32(25-27-33)22-20-30-16-12-28(10-4-2)13-17-30/h12-13,16-17,24-27,29,31H,3,5-9,11,14-15,18-19,21,23H2,1-2H3. The summed E-state index contributed by atoms with van der Waals surface area (Å²) in [5.41, 5.74) is 4.62. The normalized spacial score (nSPS) is 17.5. The molecule has 0 N–H and O–H groups in total. The molecule has 174 valence electrons. The number of hydrogen-bond acceptors (Lipinski definition) is 0. The predicted molar refractivity (Wildman–Crippen MR) is 143 cm³/mol. The number of aryl methyl sites for hydroxylation is 1. The monoisotopic (exact) mass is 438 g/mol. The molecule has 0 saturated heterocycles. The Morgan fingerprint density at radius 2 is 1.09 bits per heavy atom. The van der Waals surface area contributed by atoms with E-state index in [2.05, 4.69) is 54.9 Å². The van der Waals surface area contributed by atoms with E-state index >= 15 is 0 Å². The predicted octanol–water partition coefficient (Wildman–Crippen LogP) is 8.95. The molecule has 1 aliphatic carbocycles. The van der Waals surface area contributed by atoms with E-state index in [9.17, 15) is 0 Å². The Morgan fingerprint density at radius 1 is 0.606 bits per heavy atom. The summed E-state index contributed by atoms with van der Waals surface area (Å²) in [6, 6.07) is 17.1. The molecular formula is C33H42. The fraction of sp³-hybridized carbons (Fsp3) is 0.515. The second-order valence-electron chi connectivity index (χ2n) is 9.88. The van der Waals surface area contributed by atoms with Crippen LogP contribution in [0.1, 0.15) is 113 Å². The van der Waals surface area contributed by atoms with Crippen molar-refractivity contribution in [1.29, 1.82) is 0 Å². The summed E-state index contributed by atoms with van der Waals surface area (Å²) in [7, 11) is 0. The molecule has 0 nitrogen and oxygen atoms in total. The lowest BCUT2D eigenvalue weighted by atomic mass is 9.77. The van der Waals surface area contributed by atoms with E-state index in [0.29, 0.717) is 0 Å².